The van der Waals surface area contributed by atoms with Crippen molar-refractivity contribution >= 4 is 19.9 Å². The maximum absolute atomic E-state index is 6.25. The van der Waals surface area contributed by atoms with Crippen LogP contribution in [-0.2, 0) is 19.5 Å². The van der Waals surface area contributed by atoms with Gasteiger partial charge in [0.05, 0.1) is 18.4 Å². The molecule has 7 heteroatoms. The second kappa shape index (κ2) is 8.78. The van der Waals surface area contributed by atoms with Crippen LogP contribution in [0.3, 0.4) is 0 Å². The number of hydrogen-bond acceptors (Lipinski definition) is 5. The molecule has 154 valence electrons. The summed E-state index contributed by atoms with van der Waals surface area (Å²) in [5.74, 6) is 0.702. The number of nitrogens with zero attached hydrogens (tertiary/aromatic N) is 1. The molecule has 0 aliphatic carbocycles. The van der Waals surface area contributed by atoms with Crippen LogP contribution in [0.1, 0.15) is 46.2 Å². The van der Waals surface area contributed by atoms with Gasteiger partial charge in [0.2, 0.25) is 0 Å². The molecule has 1 aromatic heterocycles. The Morgan fingerprint density at radius 1 is 1.33 bits per heavy atom. The van der Waals surface area contributed by atoms with Crippen LogP contribution in [0.25, 0.3) is 0 Å². The summed E-state index contributed by atoms with van der Waals surface area (Å²) in [6, 6.07) is 3.66. The number of methoxy groups -OCH3 is 1. The summed E-state index contributed by atoms with van der Waals surface area (Å²) in [5, 5.41) is 0.609. The minimum Gasteiger partial charge on any atom is -0.490 e. The molecule has 0 N–H and O–H groups in total. The third-order valence-electron chi connectivity index (χ3n) is 5.74. The maximum Gasteiger partial charge on any atom is 0.191 e. The van der Waals surface area contributed by atoms with Gasteiger partial charge in [-0.2, -0.15) is 0 Å². The summed E-state index contributed by atoms with van der Waals surface area (Å²) < 4.78 is 23.6. The van der Waals surface area contributed by atoms with E-state index in [4.69, 9.17) is 30.2 Å². The van der Waals surface area contributed by atoms with E-state index in [1.54, 1.807) is 13.2 Å². The van der Waals surface area contributed by atoms with Crippen LogP contribution in [0, 0.1) is 0 Å². The van der Waals surface area contributed by atoms with Crippen molar-refractivity contribution in [1.29, 1.82) is 0 Å². The van der Waals surface area contributed by atoms with Crippen LogP contribution in [0.2, 0.25) is 23.3 Å². The lowest BCUT2D eigenvalue weighted by Gasteiger charge is -2.36. The lowest BCUT2D eigenvalue weighted by molar-refractivity contribution is -0.0248. The largest absolute Gasteiger partial charge is 0.490 e. The lowest BCUT2D eigenvalue weighted by atomic mass is 9.98. The Labute approximate surface area is 169 Å². The molecule has 0 radical (unpaired) electrons. The first-order chi connectivity index (χ1) is 12.5. The third kappa shape index (κ3) is 5.67. The Kier molecular flexibility index (Phi) is 7.36. The van der Waals surface area contributed by atoms with Gasteiger partial charge in [-0.1, -0.05) is 32.4 Å². The molecule has 2 heterocycles. The monoisotopic (exact) mass is 415 g/mol. The fourth-order valence-corrected chi connectivity index (χ4v) is 4.04. The zero-order valence-electron chi connectivity index (χ0n) is 17.7. The Balaban J connectivity index is 1.99. The minimum absolute atomic E-state index is 0.0133. The van der Waals surface area contributed by atoms with Crippen molar-refractivity contribution in [2.45, 2.75) is 70.4 Å². The second-order valence-electron chi connectivity index (χ2n) is 8.84. The number of rotatable bonds is 8. The van der Waals surface area contributed by atoms with Crippen LogP contribution in [0.15, 0.2) is 12.1 Å². The molecule has 2 atom stereocenters. The fraction of sp³-hybridized carbons (Fsp3) is 0.750. The molecule has 1 aliphatic heterocycles. The number of hydrogen-bond donors (Lipinski definition) is 0. The molecular weight excluding hydrogens is 382 g/mol. The van der Waals surface area contributed by atoms with Gasteiger partial charge in [0, 0.05) is 45.3 Å². The minimum atomic E-state index is -1.73. The summed E-state index contributed by atoms with van der Waals surface area (Å²) in [4.78, 5) is 4.45. The zero-order chi connectivity index (χ0) is 20.3. The van der Waals surface area contributed by atoms with E-state index in [0.29, 0.717) is 30.7 Å². The van der Waals surface area contributed by atoms with E-state index in [1.807, 2.05) is 13.0 Å². The van der Waals surface area contributed by atoms with E-state index in [9.17, 15) is 0 Å². The van der Waals surface area contributed by atoms with Crippen molar-refractivity contribution in [1.82, 2.24) is 4.98 Å². The first-order valence-corrected chi connectivity index (χ1v) is 12.9. The van der Waals surface area contributed by atoms with E-state index >= 15 is 0 Å². The first-order valence-electron chi connectivity index (χ1n) is 9.61. The standard InChI is InChI=1S/C20H34ClNO4Si/c1-15(8-10-25-27(6,7)19(2,3)4)26-16-12-17(22-18(21)13-16)20(23-5)9-11-24-14-20/h12-13,15H,8-11,14H2,1-7H3/t15?,20-/m0/s1. The molecule has 1 fully saturated rings. The first kappa shape index (κ1) is 22.6. The van der Waals surface area contributed by atoms with Crippen molar-refractivity contribution in [2.24, 2.45) is 0 Å². The van der Waals surface area contributed by atoms with Gasteiger partial charge >= 0.3 is 0 Å². The van der Waals surface area contributed by atoms with Crippen LogP contribution in [0.5, 0.6) is 5.75 Å². The number of halogens is 1. The summed E-state index contributed by atoms with van der Waals surface area (Å²) in [6.07, 6.45) is 1.59. The molecule has 0 amide bonds. The normalized spacial score (nSPS) is 22.1. The second-order valence-corrected chi connectivity index (χ2v) is 14.0. The predicted molar refractivity (Wildman–Crippen MR) is 111 cm³/mol. The molecule has 27 heavy (non-hydrogen) atoms. The van der Waals surface area contributed by atoms with Gasteiger partial charge in [-0.05, 0) is 25.1 Å². The Morgan fingerprint density at radius 2 is 2.04 bits per heavy atom. The Bertz CT molecular complexity index is 627. The van der Waals surface area contributed by atoms with E-state index in [1.165, 1.54) is 0 Å². The lowest BCUT2D eigenvalue weighted by Crippen LogP contribution is -2.41. The number of aromatic nitrogens is 1. The SMILES string of the molecule is CO[C@@]1(c2cc(OC(C)CCO[Si](C)(C)C(C)(C)C)cc(Cl)n2)CCOC1. The predicted octanol–water partition coefficient (Wildman–Crippen LogP) is 5.18. The topological polar surface area (TPSA) is 49.8 Å². The quantitative estimate of drug-likeness (QED) is 0.432. The highest BCUT2D eigenvalue weighted by molar-refractivity contribution is 6.74. The highest BCUT2D eigenvalue weighted by Crippen LogP contribution is 2.37. The van der Waals surface area contributed by atoms with E-state index in [2.05, 4.69) is 38.8 Å². The average Bonchev–Trinajstić information content (AvgIpc) is 3.03. The summed E-state index contributed by atoms with van der Waals surface area (Å²) in [5.41, 5.74) is 0.215. The molecule has 1 saturated heterocycles. The third-order valence-corrected chi connectivity index (χ3v) is 10.5. The van der Waals surface area contributed by atoms with Gasteiger partial charge < -0.3 is 18.6 Å². The van der Waals surface area contributed by atoms with Gasteiger partial charge in [0.1, 0.15) is 16.5 Å². The Hall–Kier alpha value is -0.663. The molecular formula is C20H34ClNO4Si. The fourth-order valence-electron chi connectivity index (χ4n) is 2.78. The maximum atomic E-state index is 6.25. The van der Waals surface area contributed by atoms with Crippen LogP contribution >= 0.6 is 11.6 Å². The summed E-state index contributed by atoms with van der Waals surface area (Å²) >= 11 is 6.24. The molecule has 0 spiro atoms. The summed E-state index contributed by atoms with van der Waals surface area (Å²) in [7, 11) is -0.0523. The van der Waals surface area contributed by atoms with E-state index in [0.717, 1.165) is 18.5 Å². The molecule has 1 aliphatic rings. The van der Waals surface area contributed by atoms with Crippen molar-refractivity contribution in [3.8, 4) is 5.75 Å². The van der Waals surface area contributed by atoms with Crippen LogP contribution < -0.4 is 4.74 Å². The van der Waals surface area contributed by atoms with Crippen LogP contribution in [0.4, 0.5) is 0 Å². The van der Waals surface area contributed by atoms with Crippen molar-refractivity contribution < 1.29 is 18.6 Å². The Morgan fingerprint density at radius 3 is 2.59 bits per heavy atom. The molecule has 1 unspecified atom stereocenters. The van der Waals surface area contributed by atoms with Gasteiger partial charge in [-0.15, -0.1) is 0 Å². The van der Waals surface area contributed by atoms with E-state index in [-0.39, 0.29) is 11.1 Å². The van der Waals surface area contributed by atoms with Gasteiger partial charge in [-0.25, -0.2) is 4.98 Å². The average molecular weight is 416 g/mol. The number of ether oxygens (including phenoxy) is 3. The van der Waals surface area contributed by atoms with Crippen molar-refractivity contribution in [3.63, 3.8) is 0 Å². The highest BCUT2D eigenvalue weighted by atomic mass is 35.5. The molecule has 1 aromatic rings. The molecule has 0 aromatic carbocycles. The van der Waals surface area contributed by atoms with E-state index < -0.39 is 13.9 Å². The van der Waals surface area contributed by atoms with Gasteiger partial charge in [0.25, 0.3) is 0 Å². The number of pyridine rings is 1. The van der Waals surface area contributed by atoms with Crippen LogP contribution in [-0.4, -0.2) is 46.3 Å². The summed E-state index contributed by atoms with van der Waals surface area (Å²) in [6.45, 7) is 15.1. The smallest absolute Gasteiger partial charge is 0.191 e. The zero-order valence-corrected chi connectivity index (χ0v) is 19.5. The molecule has 0 saturated carbocycles. The molecule has 2 rings (SSSR count). The van der Waals surface area contributed by atoms with Gasteiger partial charge in [-0.3, -0.25) is 0 Å². The highest BCUT2D eigenvalue weighted by Gasteiger charge is 2.39. The van der Waals surface area contributed by atoms with Crippen molar-refractivity contribution in [2.75, 3.05) is 26.9 Å². The molecule has 0 bridgehead atoms. The van der Waals surface area contributed by atoms with Crippen molar-refractivity contribution in [3.05, 3.63) is 23.0 Å². The van der Waals surface area contributed by atoms with Gasteiger partial charge in [0.15, 0.2) is 8.32 Å². The molecule has 5 nitrogen and oxygen atoms in total.